The minimum absolute atomic E-state index is 0.319. The van der Waals surface area contributed by atoms with Gasteiger partial charge in [-0.3, -0.25) is 0 Å². The molecule has 0 aliphatic heterocycles. The van der Waals surface area contributed by atoms with Crippen molar-refractivity contribution in [3.63, 3.8) is 0 Å². The van der Waals surface area contributed by atoms with E-state index in [9.17, 15) is 5.11 Å². The van der Waals surface area contributed by atoms with Crippen molar-refractivity contribution in [2.75, 3.05) is 0 Å². The van der Waals surface area contributed by atoms with Crippen molar-refractivity contribution >= 4 is 0 Å². The van der Waals surface area contributed by atoms with Crippen LogP contribution in [0.15, 0.2) is 36.5 Å². The molecule has 0 fully saturated rings. The van der Waals surface area contributed by atoms with E-state index in [1.54, 1.807) is 0 Å². The Labute approximate surface area is 67.7 Å². The molecule has 1 rings (SSSR count). The van der Waals surface area contributed by atoms with Crippen molar-refractivity contribution in [3.8, 4) is 0 Å². The quantitative estimate of drug-likeness (QED) is 0.597. The maximum absolute atomic E-state index is 9.24. The number of rotatable bonds is 2. The first-order valence-electron chi connectivity index (χ1n) is 3.85. The maximum Gasteiger partial charge on any atom is 0.0767 e. The van der Waals surface area contributed by atoms with E-state index in [1.807, 2.05) is 12.2 Å². The molecule has 1 N–H and O–H groups in total. The van der Waals surface area contributed by atoms with E-state index in [2.05, 4.69) is 20.1 Å². The topological polar surface area (TPSA) is 20.2 Å². The molecule has 2 atom stereocenters. The van der Waals surface area contributed by atoms with E-state index in [4.69, 9.17) is 0 Å². The molecule has 60 valence electrons. The predicted octanol–water partition coefficient (Wildman–Crippen LogP) is 2.06. The smallest absolute Gasteiger partial charge is 0.0767 e. The van der Waals surface area contributed by atoms with Crippen LogP contribution >= 0.6 is 0 Å². The zero-order chi connectivity index (χ0) is 8.43. The van der Waals surface area contributed by atoms with Gasteiger partial charge in [0.2, 0.25) is 0 Å². The van der Waals surface area contributed by atoms with Gasteiger partial charge in [-0.25, -0.2) is 0 Å². The molecule has 0 spiro atoms. The van der Waals surface area contributed by atoms with Crippen LogP contribution < -0.4 is 0 Å². The van der Waals surface area contributed by atoms with Gasteiger partial charge in [-0.1, -0.05) is 25.7 Å². The third-order valence-electron chi connectivity index (χ3n) is 2.08. The first-order chi connectivity index (χ1) is 5.15. The summed E-state index contributed by atoms with van der Waals surface area (Å²) < 4.78 is 0. The lowest BCUT2D eigenvalue weighted by Gasteiger charge is -2.07. The highest BCUT2D eigenvalue weighted by Gasteiger charge is 2.19. The van der Waals surface area contributed by atoms with Gasteiger partial charge in [0, 0.05) is 6.42 Å². The van der Waals surface area contributed by atoms with Crippen molar-refractivity contribution in [1.29, 1.82) is 0 Å². The van der Waals surface area contributed by atoms with Crippen molar-refractivity contribution in [3.05, 3.63) is 36.5 Å². The second kappa shape index (κ2) is 3.05. The van der Waals surface area contributed by atoms with E-state index < -0.39 is 0 Å². The van der Waals surface area contributed by atoms with Crippen LogP contribution in [0.3, 0.4) is 0 Å². The normalized spacial score (nSPS) is 26.5. The predicted molar refractivity (Wildman–Crippen MR) is 47.2 cm³/mol. The SMILES string of the molecule is C=CC(C)C1=CC(O)CC1=C. The molecule has 0 saturated carbocycles. The van der Waals surface area contributed by atoms with E-state index in [0.717, 1.165) is 11.1 Å². The second-order valence-corrected chi connectivity index (χ2v) is 3.02. The highest BCUT2D eigenvalue weighted by Crippen LogP contribution is 2.29. The number of allylic oxidation sites excluding steroid dienone is 2. The van der Waals surface area contributed by atoms with Gasteiger partial charge in [-0.2, -0.15) is 0 Å². The highest BCUT2D eigenvalue weighted by molar-refractivity contribution is 5.39. The summed E-state index contributed by atoms with van der Waals surface area (Å²) in [5.74, 6) is 0.319. The van der Waals surface area contributed by atoms with Gasteiger partial charge >= 0.3 is 0 Å². The average Bonchev–Trinajstić information content (AvgIpc) is 2.28. The monoisotopic (exact) mass is 150 g/mol. The molecule has 1 aliphatic rings. The fraction of sp³-hybridized carbons (Fsp3) is 0.400. The van der Waals surface area contributed by atoms with Crippen LogP contribution in [0.5, 0.6) is 0 Å². The molecule has 11 heavy (non-hydrogen) atoms. The summed E-state index contributed by atoms with van der Waals surface area (Å²) in [6, 6.07) is 0. The largest absolute Gasteiger partial charge is 0.389 e. The first-order valence-corrected chi connectivity index (χ1v) is 3.85. The van der Waals surface area contributed by atoms with Gasteiger partial charge in [0.25, 0.3) is 0 Å². The summed E-state index contributed by atoms with van der Waals surface area (Å²) in [5, 5.41) is 9.24. The maximum atomic E-state index is 9.24. The fourth-order valence-corrected chi connectivity index (χ4v) is 1.36. The zero-order valence-corrected chi connectivity index (χ0v) is 6.88. The number of aliphatic hydroxyl groups is 1. The molecule has 0 aromatic rings. The van der Waals surface area contributed by atoms with Crippen molar-refractivity contribution in [1.82, 2.24) is 0 Å². The molecule has 0 radical (unpaired) electrons. The van der Waals surface area contributed by atoms with Crippen LogP contribution in [0, 0.1) is 5.92 Å². The Hall–Kier alpha value is -0.820. The van der Waals surface area contributed by atoms with Gasteiger partial charge < -0.3 is 5.11 Å². The zero-order valence-electron chi connectivity index (χ0n) is 6.88. The van der Waals surface area contributed by atoms with E-state index >= 15 is 0 Å². The molecule has 2 unspecified atom stereocenters. The van der Waals surface area contributed by atoms with Crippen molar-refractivity contribution < 1.29 is 5.11 Å². The van der Waals surface area contributed by atoms with Crippen LogP contribution in [0.25, 0.3) is 0 Å². The molecule has 1 nitrogen and oxygen atoms in total. The van der Waals surface area contributed by atoms with Gasteiger partial charge in [-0.05, 0) is 17.1 Å². The Kier molecular flexibility index (Phi) is 2.30. The molecule has 0 aromatic heterocycles. The summed E-state index contributed by atoms with van der Waals surface area (Å²) in [5.41, 5.74) is 2.19. The number of aliphatic hydroxyl groups excluding tert-OH is 1. The molecule has 1 heteroatoms. The Balaban J connectivity index is 2.78. The molecular weight excluding hydrogens is 136 g/mol. The Bertz CT molecular complexity index is 213. The number of hydrogen-bond donors (Lipinski definition) is 1. The Morgan fingerprint density at radius 2 is 2.45 bits per heavy atom. The average molecular weight is 150 g/mol. The van der Waals surface area contributed by atoms with Crippen molar-refractivity contribution in [2.24, 2.45) is 5.92 Å². The third kappa shape index (κ3) is 1.60. The lowest BCUT2D eigenvalue weighted by molar-refractivity contribution is 0.230. The van der Waals surface area contributed by atoms with E-state index in [-0.39, 0.29) is 6.10 Å². The van der Waals surface area contributed by atoms with E-state index in [0.29, 0.717) is 12.3 Å². The third-order valence-corrected chi connectivity index (χ3v) is 2.08. The van der Waals surface area contributed by atoms with Crippen LogP contribution in [-0.2, 0) is 0 Å². The molecule has 0 aromatic carbocycles. The van der Waals surface area contributed by atoms with Gasteiger partial charge in [0.15, 0.2) is 0 Å². The highest BCUT2D eigenvalue weighted by atomic mass is 16.3. The lowest BCUT2D eigenvalue weighted by Crippen LogP contribution is -1.94. The Morgan fingerprint density at radius 1 is 1.82 bits per heavy atom. The summed E-state index contributed by atoms with van der Waals surface area (Å²) in [6.07, 6.45) is 4.11. The summed E-state index contributed by atoms with van der Waals surface area (Å²) >= 11 is 0. The van der Waals surface area contributed by atoms with Crippen LogP contribution in [0.4, 0.5) is 0 Å². The molecular formula is C10H14O. The van der Waals surface area contributed by atoms with Crippen LogP contribution in [0.1, 0.15) is 13.3 Å². The summed E-state index contributed by atoms with van der Waals surface area (Å²) in [6.45, 7) is 9.64. The summed E-state index contributed by atoms with van der Waals surface area (Å²) in [4.78, 5) is 0. The lowest BCUT2D eigenvalue weighted by atomic mass is 9.98. The van der Waals surface area contributed by atoms with Crippen molar-refractivity contribution in [2.45, 2.75) is 19.4 Å². The van der Waals surface area contributed by atoms with Crippen LogP contribution in [0.2, 0.25) is 0 Å². The van der Waals surface area contributed by atoms with Crippen LogP contribution in [-0.4, -0.2) is 11.2 Å². The standard InChI is InChI=1S/C10H14O/c1-4-7(2)10-6-9(11)5-8(10)3/h4,6-7,9,11H,1,3,5H2,2H3. The van der Waals surface area contributed by atoms with Gasteiger partial charge in [-0.15, -0.1) is 6.58 Å². The minimum Gasteiger partial charge on any atom is -0.389 e. The van der Waals surface area contributed by atoms with E-state index in [1.165, 1.54) is 0 Å². The fourth-order valence-electron chi connectivity index (χ4n) is 1.36. The molecule has 0 bridgehead atoms. The molecule has 1 aliphatic carbocycles. The summed E-state index contributed by atoms with van der Waals surface area (Å²) in [7, 11) is 0. The Morgan fingerprint density at radius 3 is 2.82 bits per heavy atom. The van der Waals surface area contributed by atoms with Gasteiger partial charge in [0.05, 0.1) is 6.10 Å². The number of hydrogen-bond acceptors (Lipinski definition) is 1. The first kappa shape index (κ1) is 8.28. The van der Waals surface area contributed by atoms with Gasteiger partial charge in [0.1, 0.15) is 0 Å². The second-order valence-electron chi connectivity index (χ2n) is 3.02. The molecule has 0 saturated heterocycles. The molecule has 0 amide bonds. The molecule has 0 heterocycles. The minimum atomic E-state index is -0.320.